The van der Waals surface area contributed by atoms with E-state index >= 15 is 0 Å². The number of hydrogen-bond acceptors (Lipinski definition) is 3. The van der Waals surface area contributed by atoms with Crippen LogP contribution in [0.4, 0.5) is 0 Å². The van der Waals surface area contributed by atoms with Gasteiger partial charge in [-0.15, -0.1) is 6.58 Å². The van der Waals surface area contributed by atoms with E-state index in [0.29, 0.717) is 25.0 Å². The standard InChI is InChI=1S/C15H22N4O/c1-3-8-19-13-6-9-18(12(13)4-5-15(19)20)11-14-16-7-10-17(14)2/h3,7,10,12-13H,1,4-6,8-9,11H2,2H3/t12-,13-/m1/s1. The second-order valence-electron chi connectivity index (χ2n) is 5.72. The molecule has 0 N–H and O–H groups in total. The van der Waals surface area contributed by atoms with E-state index in [4.69, 9.17) is 0 Å². The fourth-order valence-corrected chi connectivity index (χ4v) is 3.54. The number of amides is 1. The highest BCUT2D eigenvalue weighted by Gasteiger charge is 2.42. The van der Waals surface area contributed by atoms with E-state index in [1.54, 1.807) is 0 Å². The molecule has 0 saturated carbocycles. The maximum Gasteiger partial charge on any atom is 0.223 e. The molecule has 3 heterocycles. The molecule has 1 aromatic rings. The van der Waals surface area contributed by atoms with Crippen LogP contribution in [0.5, 0.6) is 0 Å². The van der Waals surface area contributed by atoms with E-state index in [1.807, 2.05) is 30.4 Å². The summed E-state index contributed by atoms with van der Waals surface area (Å²) in [7, 11) is 2.03. The van der Waals surface area contributed by atoms with Gasteiger partial charge in [0.05, 0.1) is 6.54 Å². The normalized spacial score (nSPS) is 26.9. The Kier molecular flexibility index (Phi) is 3.61. The van der Waals surface area contributed by atoms with Crippen molar-refractivity contribution in [3.63, 3.8) is 0 Å². The molecule has 1 amide bonds. The van der Waals surface area contributed by atoms with Gasteiger partial charge in [-0.05, 0) is 12.8 Å². The Labute approximate surface area is 119 Å². The number of hydrogen-bond donors (Lipinski definition) is 0. The van der Waals surface area contributed by atoms with Gasteiger partial charge in [0.25, 0.3) is 0 Å². The van der Waals surface area contributed by atoms with Gasteiger partial charge in [-0.1, -0.05) is 6.08 Å². The third-order valence-corrected chi connectivity index (χ3v) is 4.59. The Morgan fingerprint density at radius 1 is 1.45 bits per heavy atom. The smallest absolute Gasteiger partial charge is 0.223 e. The number of rotatable bonds is 4. The summed E-state index contributed by atoms with van der Waals surface area (Å²) in [6, 6.07) is 0.832. The number of piperidine rings is 1. The van der Waals surface area contributed by atoms with Crippen molar-refractivity contribution in [2.75, 3.05) is 13.1 Å². The van der Waals surface area contributed by atoms with Crippen molar-refractivity contribution in [1.82, 2.24) is 19.4 Å². The van der Waals surface area contributed by atoms with Gasteiger partial charge < -0.3 is 9.47 Å². The summed E-state index contributed by atoms with van der Waals surface area (Å²) in [6.07, 6.45) is 8.36. The maximum absolute atomic E-state index is 12.0. The number of aromatic nitrogens is 2. The maximum atomic E-state index is 12.0. The average molecular weight is 274 g/mol. The molecule has 0 aliphatic carbocycles. The first-order valence-electron chi connectivity index (χ1n) is 7.31. The van der Waals surface area contributed by atoms with Gasteiger partial charge in [-0.25, -0.2) is 4.98 Å². The predicted molar refractivity (Wildman–Crippen MR) is 77.0 cm³/mol. The van der Waals surface area contributed by atoms with Crippen LogP contribution < -0.4 is 0 Å². The Hall–Kier alpha value is -1.62. The van der Waals surface area contributed by atoms with Gasteiger partial charge >= 0.3 is 0 Å². The minimum absolute atomic E-state index is 0.282. The second kappa shape index (κ2) is 5.40. The molecule has 0 spiro atoms. The minimum atomic E-state index is 0.282. The summed E-state index contributed by atoms with van der Waals surface area (Å²) in [5.74, 6) is 1.38. The molecular weight excluding hydrogens is 252 g/mol. The molecule has 5 nitrogen and oxygen atoms in total. The molecule has 20 heavy (non-hydrogen) atoms. The molecule has 3 rings (SSSR count). The first kappa shape index (κ1) is 13.4. The molecule has 0 bridgehead atoms. The summed E-state index contributed by atoms with van der Waals surface area (Å²) in [5, 5.41) is 0. The quantitative estimate of drug-likeness (QED) is 0.774. The summed E-state index contributed by atoms with van der Waals surface area (Å²) >= 11 is 0. The van der Waals surface area contributed by atoms with Gasteiger partial charge in [0, 0.05) is 51.0 Å². The highest BCUT2D eigenvalue weighted by molar-refractivity contribution is 5.78. The molecule has 5 heteroatoms. The fourth-order valence-electron chi connectivity index (χ4n) is 3.54. The molecule has 0 aromatic carbocycles. The van der Waals surface area contributed by atoms with E-state index in [0.717, 1.165) is 31.8 Å². The van der Waals surface area contributed by atoms with E-state index in [-0.39, 0.29) is 5.91 Å². The van der Waals surface area contributed by atoms with Crippen molar-refractivity contribution in [2.24, 2.45) is 7.05 Å². The molecule has 2 aliphatic heterocycles. The first-order valence-corrected chi connectivity index (χ1v) is 7.31. The first-order chi connectivity index (χ1) is 9.70. The van der Waals surface area contributed by atoms with Crippen molar-refractivity contribution in [1.29, 1.82) is 0 Å². The molecule has 0 unspecified atom stereocenters. The lowest BCUT2D eigenvalue weighted by atomic mass is 9.96. The molecule has 0 radical (unpaired) electrons. The van der Waals surface area contributed by atoms with Crippen molar-refractivity contribution >= 4 is 5.91 Å². The predicted octanol–water partition coefficient (Wildman–Crippen LogP) is 1.17. The molecule has 2 aliphatic rings. The van der Waals surface area contributed by atoms with Crippen LogP contribution >= 0.6 is 0 Å². The van der Waals surface area contributed by atoms with Crippen LogP contribution in [-0.4, -0.2) is 50.4 Å². The fraction of sp³-hybridized carbons (Fsp3) is 0.600. The lowest BCUT2D eigenvalue weighted by molar-refractivity contribution is -0.136. The largest absolute Gasteiger partial charge is 0.337 e. The lowest BCUT2D eigenvalue weighted by Gasteiger charge is -2.39. The third kappa shape index (κ3) is 2.26. The number of carbonyl (C=O) groups is 1. The monoisotopic (exact) mass is 274 g/mol. The van der Waals surface area contributed by atoms with Crippen LogP contribution in [-0.2, 0) is 18.4 Å². The van der Waals surface area contributed by atoms with Gasteiger partial charge in [-0.2, -0.15) is 0 Å². The Bertz CT molecular complexity index is 510. The van der Waals surface area contributed by atoms with E-state index < -0.39 is 0 Å². The zero-order valence-electron chi connectivity index (χ0n) is 12.0. The highest BCUT2D eigenvalue weighted by atomic mass is 16.2. The van der Waals surface area contributed by atoms with Crippen LogP contribution in [0.15, 0.2) is 25.0 Å². The second-order valence-corrected chi connectivity index (χ2v) is 5.72. The van der Waals surface area contributed by atoms with Crippen molar-refractivity contribution in [3.8, 4) is 0 Å². The van der Waals surface area contributed by atoms with Crippen LogP contribution in [0.2, 0.25) is 0 Å². The Morgan fingerprint density at radius 2 is 2.30 bits per heavy atom. The zero-order valence-corrected chi connectivity index (χ0v) is 12.0. The molecular formula is C15H22N4O. The van der Waals surface area contributed by atoms with Crippen LogP contribution in [0.25, 0.3) is 0 Å². The van der Waals surface area contributed by atoms with E-state index in [2.05, 4.69) is 21.0 Å². The molecule has 2 atom stereocenters. The number of aryl methyl sites for hydroxylation is 1. The molecule has 108 valence electrons. The number of carbonyl (C=O) groups excluding carboxylic acids is 1. The van der Waals surface area contributed by atoms with Crippen molar-refractivity contribution in [2.45, 2.75) is 37.9 Å². The number of nitrogens with zero attached hydrogens (tertiary/aromatic N) is 4. The van der Waals surface area contributed by atoms with Crippen LogP contribution in [0.1, 0.15) is 25.1 Å². The zero-order chi connectivity index (χ0) is 14.1. The topological polar surface area (TPSA) is 41.4 Å². The van der Waals surface area contributed by atoms with E-state index in [1.165, 1.54) is 0 Å². The van der Waals surface area contributed by atoms with Gasteiger partial charge in [0.15, 0.2) is 0 Å². The van der Waals surface area contributed by atoms with Crippen LogP contribution in [0.3, 0.4) is 0 Å². The lowest BCUT2D eigenvalue weighted by Crippen LogP contribution is -2.52. The third-order valence-electron chi connectivity index (χ3n) is 4.59. The average Bonchev–Trinajstić information content (AvgIpc) is 3.01. The van der Waals surface area contributed by atoms with Gasteiger partial charge in [0.1, 0.15) is 5.82 Å². The Morgan fingerprint density at radius 3 is 3.00 bits per heavy atom. The SMILES string of the molecule is C=CCN1C(=O)CC[C@@H]2[C@H]1CCN2Cc1nccn1C. The van der Waals surface area contributed by atoms with E-state index in [9.17, 15) is 4.79 Å². The number of imidazole rings is 1. The summed E-state index contributed by atoms with van der Waals surface area (Å²) in [5.41, 5.74) is 0. The summed E-state index contributed by atoms with van der Waals surface area (Å²) in [4.78, 5) is 21.0. The molecule has 2 saturated heterocycles. The van der Waals surface area contributed by atoms with Crippen molar-refractivity contribution in [3.05, 3.63) is 30.9 Å². The van der Waals surface area contributed by atoms with Crippen LogP contribution in [0, 0.1) is 0 Å². The number of likely N-dealkylation sites (tertiary alicyclic amines) is 2. The Balaban J connectivity index is 1.73. The minimum Gasteiger partial charge on any atom is -0.337 e. The number of fused-ring (bicyclic) bond motifs is 1. The summed E-state index contributed by atoms with van der Waals surface area (Å²) in [6.45, 7) is 6.37. The highest BCUT2D eigenvalue weighted by Crippen LogP contribution is 2.32. The van der Waals surface area contributed by atoms with Gasteiger partial charge in [-0.3, -0.25) is 9.69 Å². The molecule has 2 fully saturated rings. The van der Waals surface area contributed by atoms with Crippen molar-refractivity contribution < 1.29 is 4.79 Å². The van der Waals surface area contributed by atoms with Gasteiger partial charge in [0.2, 0.25) is 5.91 Å². The summed E-state index contributed by atoms with van der Waals surface area (Å²) < 4.78 is 2.07. The molecule has 1 aromatic heterocycles.